The molecule has 2 nitrogen and oxygen atoms in total. The third-order valence-corrected chi connectivity index (χ3v) is 5.98. The minimum Gasteiger partial charge on any atom is -0.314 e. The molecule has 0 heterocycles. The lowest BCUT2D eigenvalue weighted by Crippen LogP contribution is -2.16. The van der Waals surface area contributed by atoms with Crippen molar-refractivity contribution in [3.05, 3.63) is 138 Å². The third kappa shape index (κ3) is 4.97. The smallest absolute Gasteiger partial charge is 0.0490 e. The van der Waals surface area contributed by atoms with Crippen molar-refractivity contribution in [2.45, 2.75) is 27.7 Å². The van der Waals surface area contributed by atoms with Gasteiger partial charge in [-0.25, -0.2) is 0 Å². The van der Waals surface area contributed by atoms with Gasteiger partial charge >= 0.3 is 0 Å². The summed E-state index contributed by atoms with van der Waals surface area (Å²) in [5, 5.41) is 0. The summed E-state index contributed by atoms with van der Waals surface area (Å²) in [6.07, 6.45) is 6.30. The van der Waals surface area contributed by atoms with E-state index in [9.17, 15) is 0 Å². The van der Waals surface area contributed by atoms with Crippen molar-refractivity contribution < 1.29 is 0 Å². The van der Waals surface area contributed by atoms with E-state index in [4.69, 9.17) is 0 Å². The molecule has 0 saturated carbocycles. The van der Waals surface area contributed by atoms with Gasteiger partial charge in [0.1, 0.15) is 0 Å². The summed E-state index contributed by atoms with van der Waals surface area (Å²) in [5.41, 5.74) is 9.42. The molecule has 2 heteroatoms. The molecule has 0 amide bonds. The first-order valence-corrected chi connectivity index (χ1v) is 11.8. The molecule has 0 atom stereocenters. The molecule has 0 bridgehead atoms. The van der Waals surface area contributed by atoms with Gasteiger partial charge in [-0.3, -0.25) is 0 Å². The molecular weight excluding hydrogens is 412 g/mol. The monoisotopic (exact) mass is 444 g/mol. The maximum absolute atomic E-state index is 2.32. The third-order valence-electron chi connectivity index (χ3n) is 5.98. The number of anilines is 5. The number of nitrogens with zero attached hydrogens (tertiary/aromatic N) is 2. The lowest BCUT2D eigenvalue weighted by Gasteiger charge is -2.30. The molecule has 4 aromatic rings. The molecule has 0 aliphatic heterocycles. The highest BCUT2D eigenvalue weighted by Crippen LogP contribution is 2.38. The quantitative estimate of drug-likeness (QED) is 0.262. The fourth-order valence-electron chi connectivity index (χ4n) is 4.23. The van der Waals surface area contributed by atoms with Crippen LogP contribution in [0.3, 0.4) is 0 Å². The highest BCUT2D eigenvalue weighted by atomic mass is 15.2. The van der Waals surface area contributed by atoms with E-state index < -0.39 is 0 Å². The van der Waals surface area contributed by atoms with Crippen LogP contribution in [0.5, 0.6) is 0 Å². The maximum atomic E-state index is 2.32. The van der Waals surface area contributed by atoms with Gasteiger partial charge in [0, 0.05) is 34.1 Å². The van der Waals surface area contributed by atoms with Crippen LogP contribution in [-0.4, -0.2) is 0 Å². The molecule has 0 saturated heterocycles. The lowest BCUT2D eigenvalue weighted by atomic mass is 10.1. The number of para-hydroxylation sites is 3. The molecule has 0 radical (unpaired) electrons. The van der Waals surface area contributed by atoms with E-state index in [2.05, 4.69) is 152 Å². The van der Waals surface area contributed by atoms with Crippen molar-refractivity contribution >= 4 is 28.4 Å². The Morgan fingerprint density at radius 1 is 0.588 bits per heavy atom. The molecule has 0 N–H and O–H groups in total. The Labute approximate surface area is 204 Å². The van der Waals surface area contributed by atoms with Crippen LogP contribution in [0.15, 0.2) is 127 Å². The molecule has 4 rings (SSSR count). The van der Waals surface area contributed by atoms with Gasteiger partial charge in [0.2, 0.25) is 0 Å². The van der Waals surface area contributed by atoms with E-state index in [-0.39, 0.29) is 0 Å². The highest BCUT2D eigenvalue weighted by Gasteiger charge is 2.17. The van der Waals surface area contributed by atoms with E-state index in [1.54, 1.807) is 0 Å². The van der Waals surface area contributed by atoms with E-state index in [1.165, 1.54) is 28.2 Å². The summed E-state index contributed by atoms with van der Waals surface area (Å²) in [6.45, 7) is 8.52. The van der Waals surface area contributed by atoms with Crippen LogP contribution < -0.4 is 9.80 Å². The Bertz CT molecular complexity index is 1280. The normalized spacial score (nSPS) is 11.6. The second-order valence-electron chi connectivity index (χ2n) is 8.43. The molecule has 0 aliphatic rings. The van der Waals surface area contributed by atoms with E-state index in [0.29, 0.717) is 0 Å². The van der Waals surface area contributed by atoms with Crippen LogP contribution in [0.2, 0.25) is 0 Å². The summed E-state index contributed by atoms with van der Waals surface area (Å²) in [6, 6.07) is 36.5. The summed E-state index contributed by atoms with van der Waals surface area (Å²) < 4.78 is 0. The van der Waals surface area contributed by atoms with E-state index >= 15 is 0 Å². The summed E-state index contributed by atoms with van der Waals surface area (Å²) in [7, 11) is 0. The van der Waals surface area contributed by atoms with Gasteiger partial charge in [-0.2, -0.15) is 0 Å². The van der Waals surface area contributed by atoms with Gasteiger partial charge in [0.05, 0.1) is 0 Å². The molecular formula is C32H32N2. The number of benzene rings is 4. The average molecular weight is 445 g/mol. The number of hydrogen-bond acceptors (Lipinski definition) is 2. The van der Waals surface area contributed by atoms with Crippen LogP contribution >= 0.6 is 0 Å². The SMILES string of the molecule is C/C=C\C=C(/C)N(c1ccc(N(c2ccccc2)c2ccccc2C)cc1)c1ccccc1C. The maximum Gasteiger partial charge on any atom is 0.0490 e. The topological polar surface area (TPSA) is 6.48 Å². The van der Waals surface area contributed by atoms with E-state index in [1.807, 2.05) is 6.92 Å². The van der Waals surface area contributed by atoms with Crippen molar-refractivity contribution in [3.8, 4) is 0 Å². The zero-order valence-corrected chi connectivity index (χ0v) is 20.4. The Morgan fingerprint density at radius 2 is 1.09 bits per heavy atom. The number of aryl methyl sites for hydroxylation is 2. The van der Waals surface area contributed by atoms with Crippen LogP contribution in [-0.2, 0) is 0 Å². The molecule has 0 aliphatic carbocycles. The largest absolute Gasteiger partial charge is 0.314 e. The van der Waals surface area contributed by atoms with Crippen molar-refractivity contribution in [1.29, 1.82) is 0 Å². The standard InChI is InChI=1S/C32H32N2/c1-5-6-16-27(4)33(31-19-12-10-14-25(31)2)29-21-23-30(24-22-29)34(28-17-8-7-9-18-28)32-20-13-11-15-26(32)3/h5-24H,1-4H3/b6-5-,27-16+. The van der Waals surface area contributed by atoms with Crippen molar-refractivity contribution in [3.63, 3.8) is 0 Å². The predicted octanol–water partition coefficient (Wildman–Crippen LogP) is 9.39. The average Bonchev–Trinajstić information content (AvgIpc) is 2.87. The number of hydrogen-bond donors (Lipinski definition) is 0. The van der Waals surface area contributed by atoms with Crippen molar-refractivity contribution in [1.82, 2.24) is 0 Å². The van der Waals surface area contributed by atoms with Gasteiger partial charge in [0.15, 0.2) is 0 Å². The Balaban J connectivity index is 1.80. The first-order chi connectivity index (χ1) is 16.6. The molecule has 0 aromatic heterocycles. The van der Waals surface area contributed by atoms with E-state index in [0.717, 1.165) is 17.1 Å². The van der Waals surface area contributed by atoms with Gasteiger partial charge in [0.25, 0.3) is 0 Å². The van der Waals surface area contributed by atoms with Crippen LogP contribution in [0.4, 0.5) is 28.4 Å². The Morgan fingerprint density at radius 3 is 1.68 bits per heavy atom. The van der Waals surface area contributed by atoms with Gasteiger partial charge in [-0.05, 0) is 93.4 Å². The zero-order chi connectivity index (χ0) is 23.9. The highest BCUT2D eigenvalue weighted by molar-refractivity contribution is 5.80. The fraction of sp³-hybridized carbons (Fsp3) is 0.125. The first-order valence-electron chi connectivity index (χ1n) is 11.8. The molecule has 0 spiro atoms. The van der Waals surface area contributed by atoms with Crippen molar-refractivity contribution in [2.24, 2.45) is 0 Å². The van der Waals surface area contributed by atoms with Gasteiger partial charge < -0.3 is 9.80 Å². The summed E-state index contributed by atoms with van der Waals surface area (Å²) >= 11 is 0. The number of rotatable bonds is 7. The van der Waals surface area contributed by atoms with Crippen LogP contribution in [0.25, 0.3) is 0 Å². The molecule has 4 aromatic carbocycles. The lowest BCUT2D eigenvalue weighted by molar-refractivity contribution is 1.14. The molecule has 0 fully saturated rings. The molecule has 0 unspecified atom stereocenters. The molecule has 170 valence electrons. The van der Waals surface area contributed by atoms with Gasteiger partial charge in [-0.1, -0.05) is 66.7 Å². The van der Waals surface area contributed by atoms with Crippen LogP contribution in [0, 0.1) is 13.8 Å². The Hall–Kier alpha value is -4.04. The summed E-state index contributed by atoms with van der Waals surface area (Å²) in [4.78, 5) is 4.64. The summed E-state index contributed by atoms with van der Waals surface area (Å²) in [5.74, 6) is 0. The molecule has 34 heavy (non-hydrogen) atoms. The van der Waals surface area contributed by atoms with Gasteiger partial charge in [-0.15, -0.1) is 0 Å². The second kappa shape index (κ2) is 10.7. The van der Waals surface area contributed by atoms with Crippen LogP contribution in [0.1, 0.15) is 25.0 Å². The predicted molar refractivity (Wildman–Crippen MR) is 148 cm³/mol. The van der Waals surface area contributed by atoms with Crippen molar-refractivity contribution in [2.75, 3.05) is 9.80 Å². The number of allylic oxidation sites excluding steroid dienone is 4. The Kier molecular flexibility index (Phi) is 7.29. The zero-order valence-electron chi connectivity index (χ0n) is 20.4. The minimum absolute atomic E-state index is 1.13. The fourth-order valence-corrected chi connectivity index (χ4v) is 4.23. The first kappa shape index (κ1) is 23.1. The second-order valence-corrected chi connectivity index (χ2v) is 8.43. The minimum atomic E-state index is 1.13.